The molecule has 1 N–H and O–H groups in total. The van der Waals surface area contributed by atoms with Crippen LogP contribution in [0.3, 0.4) is 0 Å². The molecular formula is C22H29N3O4S. The van der Waals surface area contributed by atoms with Gasteiger partial charge in [0.05, 0.1) is 12.4 Å². The van der Waals surface area contributed by atoms with Gasteiger partial charge in [0.25, 0.3) is 0 Å². The van der Waals surface area contributed by atoms with Crippen LogP contribution in [0, 0.1) is 0 Å². The van der Waals surface area contributed by atoms with Crippen molar-refractivity contribution in [2.75, 3.05) is 19.3 Å². The number of aromatic nitrogens is 1. The molecule has 0 saturated heterocycles. The van der Waals surface area contributed by atoms with Gasteiger partial charge < -0.3 is 5.32 Å². The average molecular weight is 432 g/mol. The predicted octanol–water partition coefficient (Wildman–Crippen LogP) is 3.16. The van der Waals surface area contributed by atoms with Crippen LogP contribution < -0.4 is 5.32 Å². The Morgan fingerprint density at radius 3 is 2.60 bits per heavy atom. The standard InChI is InChI=1S/C22H29N3O4S/c1-25(29-19-21-10-5-4-6-11-21)30(27,28)17-8-3-2-7-16-24-22(26)14-13-20-12-9-15-23-18-20/h4-6,9-15,18H,2-3,7-8,16-17,19H2,1H3,(H,24,26). The van der Waals surface area contributed by atoms with Crippen molar-refractivity contribution in [3.05, 3.63) is 72.1 Å². The van der Waals surface area contributed by atoms with Crippen molar-refractivity contribution in [2.45, 2.75) is 32.3 Å². The zero-order valence-corrected chi connectivity index (χ0v) is 18.1. The summed E-state index contributed by atoms with van der Waals surface area (Å²) in [6.45, 7) is 0.772. The Hall–Kier alpha value is -2.55. The van der Waals surface area contributed by atoms with Gasteiger partial charge in [-0.15, -0.1) is 0 Å². The number of carbonyl (C=O) groups excluding carboxylic acids is 1. The molecule has 0 atom stereocenters. The molecule has 0 unspecified atom stereocenters. The molecule has 162 valence electrons. The number of hydrogen-bond donors (Lipinski definition) is 1. The van der Waals surface area contributed by atoms with Gasteiger partial charge in [-0.25, -0.2) is 8.42 Å². The van der Waals surface area contributed by atoms with Crippen molar-refractivity contribution >= 4 is 22.0 Å². The van der Waals surface area contributed by atoms with Crippen LogP contribution in [-0.4, -0.2) is 43.1 Å². The van der Waals surface area contributed by atoms with E-state index in [0.717, 1.165) is 34.9 Å². The quantitative estimate of drug-likeness (QED) is 0.299. The largest absolute Gasteiger partial charge is 0.353 e. The van der Waals surface area contributed by atoms with E-state index >= 15 is 0 Å². The number of sulfonamides is 1. The number of carbonyl (C=O) groups is 1. The van der Waals surface area contributed by atoms with Gasteiger partial charge in [-0.2, -0.15) is 0 Å². The summed E-state index contributed by atoms with van der Waals surface area (Å²) in [4.78, 5) is 21.1. The second kappa shape index (κ2) is 12.9. The molecule has 30 heavy (non-hydrogen) atoms. The number of hydrogen-bond acceptors (Lipinski definition) is 5. The highest BCUT2D eigenvalue weighted by Crippen LogP contribution is 2.09. The maximum atomic E-state index is 12.3. The summed E-state index contributed by atoms with van der Waals surface area (Å²) in [7, 11) is -2.02. The summed E-state index contributed by atoms with van der Waals surface area (Å²) in [5.41, 5.74) is 1.78. The Balaban J connectivity index is 1.54. The number of nitrogens with zero attached hydrogens (tertiary/aromatic N) is 2. The molecule has 7 nitrogen and oxygen atoms in total. The molecule has 1 aromatic carbocycles. The minimum Gasteiger partial charge on any atom is -0.353 e. The van der Waals surface area contributed by atoms with Crippen molar-refractivity contribution in [1.29, 1.82) is 0 Å². The lowest BCUT2D eigenvalue weighted by molar-refractivity contribution is -0.116. The van der Waals surface area contributed by atoms with E-state index in [0.29, 0.717) is 13.0 Å². The minimum absolute atomic E-state index is 0.0402. The smallest absolute Gasteiger partial charge is 0.243 e. The van der Waals surface area contributed by atoms with Gasteiger partial charge in [-0.05, 0) is 36.1 Å². The molecule has 0 aliphatic carbocycles. The third kappa shape index (κ3) is 9.30. The number of hydroxylamine groups is 1. The van der Waals surface area contributed by atoms with Crippen LogP contribution >= 0.6 is 0 Å². The molecule has 0 radical (unpaired) electrons. The Bertz CT molecular complexity index is 887. The van der Waals surface area contributed by atoms with E-state index in [-0.39, 0.29) is 18.3 Å². The molecule has 0 saturated carbocycles. The molecule has 0 aliphatic heterocycles. The second-order valence-electron chi connectivity index (χ2n) is 6.81. The topological polar surface area (TPSA) is 88.6 Å². The van der Waals surface area contributed by atoms with Crippen molar-refractivity contribution in [2.24, 2.45) is 0 Å². The summed E-state index contributed by atoms with van der Waals surface area (Å²) >= 11 is 0. The first-order valence-corrected chi connectivity index (χ1v) is 11.6. The summed E-state index contributed by atoms with van der Waals surface area (Å²) in [5.74, 6) is -0.114. The number of amides is 1. The summed E-state index contributed by atoms with van der Waals surface area (Å²) in [6, 6.07) is 13.1. The van der Waals surface area contributed by atoms with Crippen LogP contribution in [0.25, 0.3) is 6.08 Å². The molecule has 0 spiro atoms. The second-order valence-corrected chi connectivity index (χ2v) is 8.90. The van der Waals surface area contributed by atoms with E-state index in [1.807, 2.05) is 42.5 Å². The van der Waals surface area contributed by atoms with E-state index in [4.69, 9.17) is 4.84 Å². The maximum Gasteiger partial charge on any atom is 0.243 e. The van der Waals surface area contributed by atoms with Crippen LogP contribution in [0.1, 0.15) is 36.8 Å². The number of nitrogens with one attached hydrogen (secondary N) is 1. The highest BCUT2D eigenvalue weighted by Gasteiger charge is 2.18. The average Bonchev–Trinajstić information content (AvgIpc) is 2.76. The Morgan fingerprint density at radius 2 is 1.87 bits per heavy atom. The molecule has 2 aromatic rings. The SMILES string of the molecule is CN(OCc1ccccc1)S(=O)(=O)CCCCCCNC(=O)C=Cc1cccnc1. The van der Waals surface area contributed by atoms with Crippen molar-refractivity contribution in [1.82, 2.24) is 14.8 Å². The first-order chi connectivity index (χ1) is 14.5. The molecule has 1 amide bonds. The third-order valence-electron chi connectivity index (χ3n) is 4.39. The molecule has 0 bridgehead atoms. The lowest BCUT2D eigenvalue weighted by Gasteiger charge is -2.16. The Labute approximate surface area is 178 Å². The van der Waals surface area contributed by atoms with E-state index in [1.54, 1.807) is 18.5 Å². The minimum atomic E-state index is -3.44. The van der Waals surface area contributed by atoms with Gasteiger partial charge in [0, 0.05) is 32.1 Å². The highest BCUT2D eigenvalue weighted by molar-refractivity contribution is 7.88. The normalized spacial score (nSPS) is 11.8. The predicted molar refractivity (Wildman–Crippen MR) is 118 cm³/mol. The van der Waals surface area contributed by atoms with Gasteiger partial charge in [0.15, 0.2) is 0 Å². The summed E-state index contributed by atoms with van der Waals surface area (Å²) in [5, 5.41) is 2.82. The Morgan fingerprint density at radius 1 is 1.10 bits per heavy atom. The maximum absolute atomic E-state index is 12.3. The van der Waals surface area contributed by atoms with Crippen molar-refractivity contribution < 1.29 is 18.0 Å². The summed E-state index contributed by atoms with van der Waals surface area (Å²) < 4.78 is 25.5. The third-order valence-corrected chi connectivity index (χ3v) is 6.08. The van der Waals surface area contributed by atoms with Crippen molar-refractivity contribution in [3.63, 3.8) is 0 Å². The van der Waals surface area contributed by atoms with Gasteiger partial charge in [-0.1, -0.05) is 53.7 Å². The van der Waals surface area contributed by atoms with Crippen LogP contribution in [0.4, 0.5) is 0 Å². The highest BCUT2D eigenvalue weighted by atomic mass is 32.2. The molecule has 1 heterocycles. The fraction of sp³-hybridized carbons (Fsp3) is 0.364. The van der Waals surface area contributed by atoms with Gasteiger partial charge in [-0.3, -0.25) is 14.6 Å². The van der Waals surface area contributed by atoms with Crippen LogP contribution in [0.2, 0.25) is 0 Å². The van der Waals surface area contributed by atoms with E-state index in [9.17, 15) is 13.2 Å². The lowest BCUT2D eigenvalue weighted by Crippen LogP contribution is -2.29. The Kier molecular flexibility index (Phi) is 10.2. The van der Waals surface area contributed by atoms with E-state index in [2.05, 4.69) is 10.3 Å². The first kappa shape index (κ1) is 23.7. The van der Waals surface area contributed by atoms with E-state index in [1.165, 1.54) is 13.1 Å². The summed E-state index contributed by atoms with van der Waals surface area (Å²) in [6.07, 6.45) is 9.52. The monoisotopic (exact) mass is 431 g/mol. The molecular weight excluding hydrogens is 402 g/mol. The zero-order valence-electron chi connectivity index (χ0n) is 17.2. The lowest BCUT2D eigenvalue weighted by atomic mass is 10.2. The fourth-order valence-electron chi connectivity index (χ4n) is 2.63. The number of benzene rings is 1. The van der Waals surface area contributed by atoms with Gasteiger partial charge in [0.1, 0.15) is 0 Å². The van der Waals surface area contributed by atoms with Crippen LogP contribution in [-0.2, 0) is 26.3 Å². The van der Waals surface area contributed by atoms with Gasteiger partial charge >= 0.3 is 0 Å². The number of rotatable bonds is 13. The molecule has 0 fully saturated rings. The van der Waals surface area contributed by atoms with Crippen molar-refractivity contribution in [3.8, 4) is 0 Å². The van der Waals surface area contributed by atoms with Gasteiger partial charge in [0.2, 0.25) is 15.9 Å². The number of pyridine rings is 1. The molecule has 8 heteroatoms. The van der Waals surface area contributed by atoms with E-state index < -0.39 is 10.0 Å². The molecule has 0 aliphatic rings. The molecule has 1 aromatic heterocycles. The molecule has 2 rings (SSSR count). The fourth-order valence-corrected chi connectivity index (χ4v) is 3.67. The first-order valence-electron chi connectivity index (χ1n) is 9.97. The zero-order chi connectivity index (χ0) is 21.7. The number of unbranched alkanes of at least 4 members (excludes halogenated alkanes) is 3. The van der Waals surface area contributed by atoms with Crippen LogP contribution in [0.5, 0.6) is 0 Å². The van der Waals surface area contributed by atoms with Crippen LogP contribution in [0.15, 0.2) is 60.9 Å².